The van der Waals surface area contributed by atoms with E-state index in [1.165, 1.54) is 18.2 Å². The lowest BCUT2D eigenvalue weighted by Crippen LogP contribution is -2.30. The molecule has 21 heavy (non-hydrogen) atoms. The first-order valence-electron chi connectivity index (χ1n) is 6.24. The summed E-state index contributed by atoms with van der Waals surface area (Å²) < 4.78 is 19.0. The Balaban J connectivity index is 2.02. The SMILES string of the molecule is CC(Oc1ccc(Cl)cc1)C(=O)Nc1cc(N)ccc1F. The summed E-state index contributed by atoms with van der Waals surface area (Å²) in [5.74, 6) is -0.541. The van der Waals surface area contributed by atoms with Crippen LogP contribution in [0, 0.1) is 5.82 Å². The molecule has 0 aliphatic rings. The number of hydrogen-bond acceptors (Lipinski definition) is 3. The van der Waals surface area contributed by atoms with Crippen molar-refractivity contribution in [1.82, 2.24) is 0 Å². The lowest BCUT2D eigenvalue weighted by atomic mass is 10.2. The van der Waals surface area contributed by atoms with Gasteiger partial charge in [-0.15, -0.1) is 0 Å². The third kappa shape index (κ3) is 4.10. The topological polar surface area (TPSA) is 64.3 Å². The molecule has 1 unspecified atom stereocenters. The second kappa shape index (κ2) is 6.45. The Bertz CT molecular complexity index is 647. The van der Waals surface area contributed by atoms with Crippen molar-refractivity contribution in [3.05, 3.63) is 53.3 Å². The summed E-state index contributed by atoms with van der Waals surface area (Å²) in [6.45, 7) is 1.56. The number of ether oxygens (including phenoxy) is 1. The normalized spacial score (nSPS) is 11.8. The van der Waals surface area contributed by atoms with Gasteiger partial charge in [-0.1, -0.05) is 11.6 Å². The average molecular weight is 309 g/mol. The van der Waals surface area contributed by atoms with Gasteiger partial charge in [-0.25, -0.2) is 4.39 Å². The maximum Gasteiger partial charge on any atom is 0.265 e. The molecule has 0 heterocycles. The second-order valence-corrected chi connectivity index (χ2v) is 4.88. The lowest BCUT2D eigenvalue weighted by molar-refractivity contribution is -0.122. The van der Waals surface area contributed by atoms with Crippen molar-refractivity contribution >= 4 is 28.9 Å². The summed E-state index contributed by atoms with van der Waals surface area (Å²) in [6.07, 6.45) is -0.799. The first-order valence-corrected chi connectivity index (χ1v) is 6.61. The molecule has 6 heteroatoms. The molecule has 110 valence electrons. The number of hydrogen-bond donors (Lipinski definition) is 2. The number of nitrogens with one attached hydrogen (secondary N) is 1. The van der Waals surface area contributed by atoms with Crippen molar-refractivity contribution in [3.63, 3.8) is 0 Å². The zero-order valence-electron chi connectivity index (χ0n) is 11.3. The standard InChI is InChI=1S/C15H14ClFN2O2/c1-9(21-12-5-2-10(16)3-6-12)15(20)19-14-8-11(18)4-7-13(14)17/h2-9H,18H2,1H3,(H,19,20). The quantitative estimate of drug-likeness (QED) is 0.850. The van der Waals surface area contributed by atoms with E-state index in [2.05, 4.69) is 5.32 Å². The summed E-state index contributed by atoms with van der Waals surface area (Å²) in [5, 5.41) is 3.01. The third-order valence-electron chi connectivity index (χ3n) is 2.74. The number of amides is 1. The van der Waals surface area contributed by atoms with E-state index in [1.807, 2.05) is 0 Å². The Morgan fingerprint density at radius 2 is 1.95 bits per heavy atom. The number of nitrogen functional groups attached to an aromatic ring is 1. The molecule has 2 aromatic rings. The Morgan fingerprint density at radius 1 is 1.29 bits per heavy atom. The molecule has 3 N–H and O–H groups in total. The number of rotatable bonds is 4. The van der Waals surface area contributed by atoms with E-state index in [1.54, 1.807) is 31.2 Å². The summed E-state index contributed by atoms with van der Waals surface area (Å²) in [6, 6.07) is 10.6. The molecule has 1 atom stereocenters. The summed E-state index contributed by atoms with van der Waals surface area (Å²) in [7, 11) is 0. The maximum absolute atomic E-state index is 13.5. The van der Waals surface area contributed by atoms with Crippen LogP contribution >= 0.6 is 11.6 Å². The van der Waals surface area contributed by atoms with Gasteiger partial charge in [0.25, 0.3) is 5.91 Å². The molecule has 0 radical (unpaired) electrons. The molecular weight excluding hydrogens is 295 g/mol. The van der Waals surface area contributed by atoms with E-state index in [0.29, 0.717) is 16.5 Å². The molecule has 0 aromatic heterocycles. The number of carbonyl (C=O) groups is 1. The van der Waals surface area contributed by atoms with Crippen molar-refractivity contribution < 1.29 is 13.9 Å². The molecule has 2 aromatic carbocycles. The predicted octanol–water partition coefficient (Wildman–Crippen LogP) is 3.47. The van der Waals surface area contributed by atoms with E-state index in [4.69, 9.17) is 22.1 Å². The first-order chi connectivity index (χ1) is 9.95. The number of anilines is 2. The Morgan fingerprint density at radius 3 is 2.62 bits per heavy atom. The molecule has 0 saturated heterocycles. The molecular formula is C15H14ClFN2O2. The van der Waals surface area contributed by atoms with Crippen LogP contribution in [0.15, 0.2) is 42.5 Å². The van der Waals surface area contributed by atoms with Gasteiger partial charge in [-0.3, -0.25) is 4.79 Å². The molecule has 0 fully saturated rings. The van der Waals surface area contributed by atoms with Crippen molar-refractivity contribution in [2.75, 3.05) is 11.1 Å². The molecule has 0 spiro atoms. The monoisotopic (exact) mass is 308 g/mol. The van der Waals surface area contributed by atoms with Crippen molar-refractivity contribution in [1.29, 1.82) is 0 Å². The molecule has 2 rings (SSSR count). The van der Waals surface area contributed by atoms with Gasteiger partial charge in [0.05, 0.1) is 5.69 Å². The fourth-order valence-electron chi connectivity index (χ4n) is 1.64. The molecule has 0 saturated carbocycles. The predicted molar refractivity (Wildman–Crippen MR) is 81.0 cm³/mol. The number of carbonyl (C=O) groups excluding carboxylic acids is 1. The van der Waals surface area contributed by atoms with Crippen LogP contribution in [-0.4, -0.2) is 12.0 Å². The maximum atomic E-state index is 13.5. The van der Waals surface area contributed by atoms with Crippen molar-refractivity contribution in [2.24, 2.45) is 0 Å². The van der Waals surface area contributed by atoms with Gasteiger partial charge in [0, 0.05) is 10.7 Å². The number of benzene rings is 2. The molecule has 0 aliphatic carbocycles. The highest BCUT2D eigenvalue weighted by Crippen LogP contribution is 2.19. The van der Waals surface area contributed by atoms with E-state index in [0.717, 1.165) is 0 Å². The Hall–Kier alpha value is -2.27. The van der Waals surface area contributed by atoms with Gasteiger partial charge in [0.1, 0.15) is 11.6 Å². The lowest BCUT2D eigenvalue weighted by Gasteiger charge is -2.15. The summed E-state index contributed by atoms with van der Waals surface area (Å²) in [4.78, 5) is 12.0. The van der Waals surface area contributed by atoms with Gasteiger partial charge in [0.15, 0.2) is 6.10 Å². The molecule has 4 nitrogen and oxygen atoms in total. The molecule has 0 aliphatic heterocycles. The smallest absolute Gasteiger partial charge is 0.265 e. The van der Waals surface area contributed by atoms with Gasteiger partial charge < -0.3 is 15.8 Å². The van der Waals surface area contributed by atoms with E-state index >= 15 is 0 Å². The first kappa shape index (κ1) is 15.1. The van der Waals surface area contributed by atoms with Crippen LogP contribution < -0.4 is 15.8 Å². The van der Waals surface area contributed by atoms with E-state index < -0.39 is 17.8 Å². The van der Waals surface area contributed by atoms with Crippen molar-refractivity contribution in [3.8, 4) is 5.75 Å². The highest BCUT2D eigenvalue weighted by molar-refractivity contribution is 6.30. The van der Waals surface area contributed by atoms with Crippen LogP contribution in [0.3, 0.4) is 0 Å². The van der Waals surface area contributed by atoms with Crippen LogP contribution in [-0.2, 0) is 4.79 Å². The Kier molecular flexibility index (Phi) is 4.65. The Labute approximate surface area is 126 Å². The minimum atomic E-state index is -0.799. The highest BCUT2D eigenvalue weighted by atomic mass is 35.5. The minimum absolute atomic E-state index is 0.0200. The largest absolute Gasteiger partial charge is 0.481 e. The van der Waals surface area contributed by atoms with Crippen LogP contribution in [0.25, 0.3) is 0 Å². The van der Waals surface area contributed by atoms with E-state index in [9.17, 15) is 9.18 Å². The van der Waals surface area contributed by atoms with Crippen LogP contribution in [0.4, 0.5) is 15.8 Å². The molecule has 0 bridgehead atoms. The highest BCUT2D eigenvalue weighted by Gasteiger charge is 2.16. The van der Waals surface area contributed by atoms with Gasteiger partial charge in [0.2, 0.25) is 0 Å². The molecule has 1 amide bonds. The zero-order valence-corrected chi connectivity index (χ0v) is 12.0. The minimum Gasteiger partial charge on any atom is -0.481 e. The van der Waals surface area contributed by atoms with Gasteiger partial charge in [-0.2, -0.15) is 0 Å². The van der Waals surface area contributed by atoms with E-state index in [-0.39, 0.29) is 5.69 Å². The summed E-state index contributed by atoms with van der Waals surface area (Å²) >= 11 is 5.76. The van der Waals surface area contributed by atoms with Crippen LogP contribution in [0.2, 0.25) is 5.02 Å². The third-order valence-corrected chi connectivity index (χ3v) is 3.00. The average Bonchev–Trinajstić information content (AvgIpc) is 2.45. The fraction of sp³-hybridized carbons (Fsp3) is 0.133. The number of halogens is 2. The number of nitrogens with two attached hydrogens (primary N) is 1. The fourth-order valence-corrected chi connectivity index (χ4v) is 1.77. The van der Waals surface area contributed by atoms with Gasteiger partial charge >= 0.3 is 0 Å². The second-order valence-electron chi connectivity index (χ2n) is 4.44. The summed E-state index contributed by atoms with van der Waals surface area (Å²) in [5.41, 5.74) is 5.93. The van der Waals surface area contributed by atoms with Gasteiger partial charge in [-0.05, 0) is 49.4 Å². The van der Waals surface area contributed by atoms with Crippen molar-refractivity contribution in [2.45, 2.75) is 13.0 Å². The zero-order chi connectivity index (χ0) is 15.4. The van der Waals surface area contributed by atoms with Crippen LogP contribution in [0.5, 0.6) is 5.75 Å². The van der Waals surface area contributed by atoms with Crippen LogP contribution in [0.1, 0.15) is 6.92 Å².